The topological polar surface area (TPSA) is 44.8 Å². The molecule has 0 spiro atoms. The van der Waals surface area contributed by atoms with E-state index >= 15 is 0 Å². The first-order chi connectivity index (χ1) is 12.7. The Kier molecular flexibility index (Phi) is 6.07. The van der Waals surface area contributed by atoms with Crippen molar-refractivity contribution in [3.8, 4) is 5.75 Å². The average Bonchev–Trinajstić information content (AvgIpc) is 2.68. The van der Waals surface area contributed by atoms with Gasteiger partial charge in [-0.25, -0.2) is 9.18 Å². The van der Waals surface area contributed by atoms with Crippen LogP contribution in [0.25, 0.3) is 0 Å². The second-order valence-corrected chi connectivity index (χ2v) is 6.33. The van der Waals surface area contributed by atoms with E-state index in [1.807, 2.05) is 41.3 Å². The number of amides is 2. The molecule has 26 heavy (non-hydrogen) atoms. The predicted molar refractivity (Wildman–Crippen MR) is 100 cm³/mol. The number of urea groups is 1. The van der Waals surface area contributed by atoms with E-state index in [0.29, 0.717) is 19.5 Å². The Morgan fingerprint density at radius 3 is 2.42 bits per heavy atom. The first-order valence-electron chi connectivity index (χ1n) is 8.81. The molecule has 1 N–H and O–H groups in total. The first kappa shape index (κ1) is 18.2. The number of hydrogen-bond donors (Lipinski definition) is 1. The smallest absolute Gasteiger partial charge is 0.321 e. The Labute approximate surface area is 153 Å². The molecular formula is C20H24FN3O2. The summed E-state index contributed by atoms with van der Waals surface area (Å²) in [5.41, 5.74) is 1.49. The van der Waals surface area contributed by atoms with Crippen LogP contribution in [-0.4, -0.2) is 55.7 Å². The fourth-order valence-corrected chi connectivity index (χ4v) is 3.03. The van der Waals surface area contributed by atoms with Gasteiger partial charge >= 0.3 is 6.03 Å². The summed E-state index contributed by atoms with van der Waals surface area (Å²) in [6.45, 7) is 3.72. The van der Waals surface area contributed by atoms with Crippen LogP contribution in [0.1, 0.15) is 5.56 Å². The van der Waals surface area contributed by atoms with Gasteiger partial charge in [-0.1, -0.05) is 18.2 Å². The number of benzene rings is 2. The number of carbonyl (C=O) groups excluding carboxylic acids is 1. The second kappa shape index (κ2) is 8.67. The van der Waals surface area contributed by atoms with Crippen LogP contribution in [0.3, 0.4) is 0 Å². The van der Waals surface area contributed by atoms with Crippen LogP contribution in [0.5, 0.6) is 5.75 Å². The van der Waals surface area contributed by atoms with E-state index in [2.05, 4.69) is 10.2 Å². The molecule has 6 heteroatoms. The number of rotatable bonds is 5. The molecule has 0 saturated carbocycles. The quantitative estimate of drug-likeness (QED) is 0.894. The molecule has 0 atom stereocenters. The number of carbonyl (C=O) groups is 1. The molecule has 138 valence electrons. The maximum atomic E-state index is 13.7. The molecule has 3 rings (SSSR count). The first-order valence-corrected chi connectivity index (χ1v) is 8.81. The molecular weight excluding hydrogens is 333 g/mol. The Morgan fingerprint density at radius 1 is 1.08 bits per heavy atom. The Balaban J connectivity index is 1.44. The van der Waals surface area contributed by atoms with Gasteiger partial charge in [-0.05, 0) is 42.3 Å². The van der Waals surface area contributed by atoms with Crippen LogP contribution >= 0.6 is 0 Å². The fourth-order valence-electron chi connectivity index (χ4n) is 3.03. The Hall–Kier alpha value is -2.60. The van der Waals surface area contributed by atoms with Gasteiger partial charge in [-0.2, -0.15) is 0 Å². The molecule has 1 fully saturated rings. The number of ether oxygens (including phenoxy) is 1. The summed E-state index contributed by atoms with van der Waals surface area (Å²) in [7, 11) is 1.61. The third kappa shape index (κ3) is 4.73. The van der Waals surface area contributed by atoms with E-state index in [4.69, 9.17) is 4.74 Å². The van der Waals surface area contributed by atoms with E-state index in [9.17, 15) is 9.18 Å². The van der Waals surface area contributed by atoms with Crippen molar-refractivity contribution in [2.45, 2.75) is 6.42 Å². The zero-order valence-electron chi connectivity index (χ0n) is 15.0. The summed E-state index contributed by atoms with van der Waals surface area (Å²) in [6, 6.07) is 14.1. The van der Waals surface area contributed by atoms with Gasteiger partial charge in [-0.3, -0.25) is 4.90 Å². The van der Waals surface area contributed by atoms with E-state index in [0.717, 1.165) is 36.6 Å². The van der Waals surface area contributed by atoms with Crippen LogP contribution in [-0.2, 0) is 6.42 Å². The zero-order valence-corrected chi connectivity index (χ0v) is 15.0. The molecule has 1 aliphatic rings. The highest BCUT2D eigenvalue weighted by Crippen LogP contribution is 2.16. The standard InChI is InChI=1S/C20H24FN3O2/c1-26-18-8-6-17(7-9-18)22-20(25)24-14-12-23(13-15-24)11-10-16-4-2-3-5-19(16)21/h2-9H,10-15H2,1H3,(H,22,25). The van der Waals surface area contributed by atoms with E-state index < -0.39 is 0 Å². The third-order valence-corrected chi connectivity index (χ3v) is 4.66. The number of anilines is 1. The van der Waals surface area contributed by atoms with Crippen molar-refractivity contribution in [2.75, 3.05) is 45.2 Å². The summed E-state index contributed by atoms with van der Waals surface area (Å²) >= 11 is 0. The summed E-state index contributed by atoms with van der Waals surface area (Å²) in [4.78, 5) is 16.4. The lowest BCUT2D eigenvalue weighted by molar-refractivity contribution is 0.148. The molecule has 0 bridgehead atoms. The predicted octanol–water partition coefficient (Wildman–Crippen LogP) is 3.23. The molecule has 0 radical (unpaired) electrons. The summed E-state index contributed by atoms with van der Waals surface area (Å²) < 4.78 is 18.8. The maximum Gasteiger partial charge on any atom is 0.321 e. The van der Waals surface area contributed by atoms with Crippen LogP contribution in [0.4, 0.5) is 14.9 Å². The SMILES string of the molecule is COc1ccc(NC(=O)N2CCN(CCc3ccccc3F)CC2)cc1. The lowest BCUT2D eigenvalue weighted by atomic mass is 10.1. The largest absolute Gasteiger partial charge is 0.497 e. The van der Waals surface area contributed by atoms with Crippen molar-refractivity contribution in [1.29, 1.82) is 0 Å². The molecule has 2 aromatic carbocycles. The summed E-state index contributed by atoms with van der Waals surface area (Å²) in [6.07, 6.45) is 0.685. The zero-order chi connectivity index (χ0) is 18.4. The minimum Gasteiger partial charge on any atom is -0.497 e. The molecule has 1 saturated heterocycles. The number of halogens is 1. The van der Waals surface area contributed by atoms with Crippen LogP contribution < -0.4 is 10.1 Å². The van der Waals surface area contributed by atoms with Crippen LogP contribution in [0.15, 0.2) is 48.5 Å². The molecule has 0 unspecified atom stereocenters. The van der Waals surface area contributed by atoms with Gasteiger partial charge in [0.1, 0.15) is 11.6 Å². The summed E-state index contributed by atoms with van der Waals surface area (Å²) in [5.74, 6) is 0.608. The third-order valence-electron chi connectivity index (χ3n) is 4.66. The molecule has 1 aliphatic heterocycles. The van der Waals surface area contributed by atoms with Gasteiger partial charge in [0, 0.05) is 38.4 Å². The van der Waals surface area contributed by atoms with E-state index in [-0.39, 0.29) is 11.8 Å². The minimum absolute atomic E-state index is 0.0936. The van der Waals surface area contributed by atoms with Gasteiger partial charge < -0.3 is 15.0 Å². The normalized spacial score (nSPS) is 14.9. The summed E-state index contributed by atoms with van der Waals surface area (Å²) in [5, 5.41) is 2.91. The van der Waals surface area contributed by atoms with Crippen molar-refractivity contribution in [1.82, 2.24) is 9.80 Å². The Morgan fingerprint density at radius 2 is 1.77 bits per heavy atom. The van der Waals surface area contributed by atoms with Crippen molar-refractivity contribution in [3.63, 3.8) is 0 Å². The number of hydrogen-bond acceptors (Lipinski definition) is 3. The molecule has 2 aromatic rings. The molecule has 0 aromatic heterocycles. The number of piperazine rings is 1. The Bertz CT molecular complexity index is 728. The molecule has 2 amide bonds. The maximum absolute atomic E-state index is 13.7. The number of nitrogens with one attached hydrogen (secondary N) is 1. The number of nitrogens with zero attached hydrogens (tertiary/aromatic N) is 2. The average molecular weight is 357 g/mol. The molecule has 5 nitrogen and oxygen atoms in total. The van der Waals surface area contributed by atoms with Crippen LogP contribution in [0, 0.1) is 5.82 Å². The van der Waals surface area contributed by atoms with Gasteiger partial charge in [0.05, 0.1) is 7.11 Å². The van der Waals surface area contributed by atoms with Gasteiger partial charge in [0.2, 0.25) is 0 Å². The molecule has 0 aliphatic carbocycles. The van der Waals surface area contributed by atoms with E-state index in [1.54, 1.807) is 13.2 Å². The van der Waals surface area contributed by atoms with Gasteiger partial charge in [0.25, 0.3) is 0 Å². The van der Waals surface area contributed by atoms with Crippen molar-refractivity contribution < 1.29 is 13.9 Å². The van der Waals surface area contributed by atoms with E-state index in [1.165, 1.54) is 6.07 Å². The minimum atomic E-state index is -0.148. The van der Waals surface area contributed by atoms with Crippen molar-refractivity contribution in [2.24, 2.45) is 0 Å². The van der Waals surface area contributed by atoms with Gasteiger partial charge in [-0.15, -0.1) is 0 Å². The second-order valence-electron chi connectivity index (χ2n) is 6.33. The fraction of sp³-hybridized carbons (Fsp3) is 0.350. The van der Waals surface area contributed by atoms with Crippen molar-refractivity contribution in [3.05, 3.63) is 59.9 Å². The monoisotopic (exact) mass is 357 g/mol. The van der Waals surface area contributed by atoms with Crippen LogP contribution in [0.2, 0.25) is 0 Å². The highest BCUT2D eigenvalue weighted by molar-refractivity contribution is 5.89. The highest BCUT2D eigenvalue weighted by Gasteiger charge is 2.21. The van der Waals surface area contributed by atoms with Crippen molar-refractivity contribution >= 4 is 11.7 Å². The number of methoxy groups -OCH3 is 1. The lowest BCUT2D eigenvalue weighted by Crippen LogP contribution is -2.50. The molecule has 1 heterocycles. The lowest BCUT2D eigenvalue weighted by Gasteiger charge is -2.34. The highest BCUT2D eigenvalue weighted by atomic mass is 19.1. The van der Waals surface area contributed by atoms with Gasteiger partial charge in [0.15, 0.2) is 0 Å².